The molecule has 16 heavy (non-hydrogen) atoms. The van der Waals surface area contributed by atoms with Crippen molar-refractivity contribution < 1.29 is 9.90 Å². The Balaban J connectivity index is 2.02. The highest BCUT2D eigenvalue weighted by Gasteiger charge is 2.42. The maximum Gasteiger partial charge on any atom is 0.335 e. The summed E-state index contributed by atoms with van der Waals surface area (Å²) in [5.41, 5.74) is 1.74. The van der Waals surface area contributed by atoms with Gasteiger partial charge in [-0.05, 0) is 49.4 Å². The van der Waals surface area contributed by atoms with Crippen LogP contribution in [-0.4, -0.2) is 17.1 Å². The van der Waals surface area contributed by atoms with Gasteiger partial charge in [-0.1, -0.05) is 6.92 Å². The van der Waals surface area contributed by atoms with Crippen molar-refractivity contribution in [1.82, 2.24) is 0 Å². The van der Waals surface area contributed by atoms with Gasteiger partial charge in [-0.3, -0.25) is 0 Å². The zero-order chi connectivity index (χ0) is 11.8. The number of hydrogen-bond donors (Lipinski definition) is 2. The standard InChI is InChI=1S/C13H17NO2/c1-9(13(2)7-8-13)14-11-5-3-10(4-6-11)12(15)16/h3-6,9,14H,7-8H2,1-2H3,(H,15,16). The molecule has 3 heteroatoms. The minimum atomic E-state index is -0.881. The fourth-order valence-electron chi connectivity index (χ4n) is 1.76. The van der Waals surface area contributed by atoms with Crippen molar-refractivity contribution in [2.45, 2.75) is 32.7 Å². The molecule has 1 aliphatic rings. The summed E-state index contributed by atoms with van der Waals surface area (Å²) in [6.07, 6.45) is 2.54. The summed E-state index contributed by atoms with van der Waals surface area (Å²) in [7, 11) is 0. The molecule has 2 rings (SSSR count). The van der Waals surface area contributed by atoms with Crippen LogP contribution in [0.15, 0.2) is 24.3 Å². The zero-order valence-electron chi connectivity index (χ0n) is 9.66. The minimum absolute atomic E-state index is 0.329. The smallest absolute Gasteiger partial charge is 0.335 e. The molecule has 0 heterocycles. The summed E-state index contributed by atoms with van der Waals surface area (Å²) in [4.78, 5) is 10.7. The lowest BCUT2D eigenvalue weighted by Gasteiger charge is -2.21. The predicted molar refractivity (Wildman–Crippen MR) is 63.8 cm³/mol. The van der Waals surface area contributed by atoms with Gasteiger partial charge >= 0.3 is 5.97 Å². The van der Waals surface area contributed by atoms with Gasteiger partial charge in [-0.2, -0.15) is 0 Å². The number of carboxylic acids is 1. The van der Waals surface area contributed by atoms with Crippen LogP contribution in [0.3, 0.4) is 0 Å². The van der Waals surface area contributed by atoms with E-state index in [1.807, 2.05) is 12.1 Å². The van der Waals surface area contributed by atoms with Crippen LogP contribution in [0.4, 0.5) is 5.69 Å². The van der Waals surface area contributed by atoms with Crippen LogP contribution in [0, 0.1) is 5.41 Å². The summed E-state index contributed by atoms with van der Waals surface area (Å²) in [5, 5.41) is 12.2. The largest absolute Gasteiger partial charge is 0.478 e. The molecule has 0 radical (unpaired) electrons. The molecule has 1 aromatic rings. The molecule has 2 N–H and O–H groups in total. The van der Waals surface area contributed by atoms with Crippen LogP contribution in [-0.2, 0) is 0 Å². The van der Waals surface area contributed by atoms with E-state index < -0.39 is 5.97 Å². The topological polar surface area (TPSA) is 49.3 Å². The second-order valence-corrected chi connectivity index (χ2v) is 4.90. The van der Waals surface area contributed by atoms with Crippen molar-refractivity contribution in [2.75, 3.05) is 5.32 Å². The highest BCUT2D eigenvalue weighted by molar-refractivity contribution is 5.88. The van der Waals surface area contributed by atoms with Crippen LogP contribution in [0.5, 0.6) is 0 Å². The lowest BCUT2D eigenvalue weighted by molar-refractivity contribution is 0.0697. The SMILES string of the molecule is CC(Nc1ccc(C(=O)O)cc1)C1(C)CC1. The molecule has 1 fully saturated rings. The van der Waals surface area contributed by atoms with E-state index in [2.05, 4.69) is 19.2 Å². The maximum absolute atomic E-state index is 10.7. The fraction of sp³-hybridized carbons (Fsp3) is 0.462. The number of benzene rings is 1. The Kier molecular flexibility index (Phi) is 2.62. The molecule has 1 saturated carbocycles. The number of hydrogen-bond acceptors (Lipinski definition) is 2. The lowest BCUT2D eigenvalue weighted by Crippen LogP contribution is -2.24. The highest BCUT2D eigenvalue weighted by Crippen LogP contribution is 2.48. The van der Waals surface area contributed by atoms with E-state index in [1.54, 1.807) is 12.1 Å². The van der Waals surface area contributed by atoms with Gasteiger partial charge in [-0.25, -0.2) is 4.79 Å². The summed E-state index contributed by atoms with van der Waals surface area (Å²) >= 11 is 0. The number of anilines is 1. The quantitative estimate of drug-likeness (QED) is 0.818. The van der Waals surface area contributed by atoms with Gasteiger partial charge < -0.3 is 10.4 Å². The Morgan fingerprint density at radius 3 is 2.38 bits per heavy atom. The molecule has 0 saturated heterocycles. The van der Waals surface area contributed by atoms with E-state index in [4.69, 9.17) is 5.11 Å². The normalized spacial score (nSPS) is 18.9. The summed E-state index contributed by atoms with van der Waals surface area (Å²) in [5.74, 6) is -0.881. The van der Waals surface area contributed by atoms with E-state index in [0.717, 1.165) is 5.69 Å². The molecule has 0 bridgehead atoms. The van der Waals surface area contributed by atoms with Crippen molar-refractivity contribution in [1.29, 1.82) is 0 Å². The Labute approximate surface area is 95.5 Å². The van der Waals surface area contributed by atoms with Crippen LogP contribution in [0.25, 0.3) is 0 Å². The van der Waals surface area contributed by atoms with Crippen molar-refractivity contribution in [3.05, 3.63) is 29.8 Å². The van der Waals surface area contributed by atoms with Crippen LogP contribution in [0.2, 0.25) is 0 Å². The maximum atomic E-state index is 10.7. The van der Waals surface area contributed by atoms with Gasteiger partial charge in [0, 0.05) is 11.7 Å². The third-order valence-corrected chi connectivity index (χ3v) is 3.60. The fourth-order valence-corrected chi connectivity index (χ4v) is 1.76. The first kappa shape index (κ1) is 11.0. The molecule has 0 aromatic heterocycles. The van der Waals surface area contributed by atoms with Crippen molar-refractivity contribution >= 4 is 11.7 Å². The average Bonchev–Trinajstić information content (AvgIpc) is 2.99. The predicted octanol–water partition coefficient (Wildman–Crippen LogP) is 2.99. The Bertz CT molecular complexity index is 393. The van der Waals surface area contributed by atoms with Crippen LogP contribution in [0.1, 0.15) is 37.0 Å². The molecule has 1 atom stereocenters. The summed E-state index contributed by atoms with van der Waals surface area (Å²) in [6.45, 7) is 4.45. The summed E-state index contributed by atoms with van der Waals surface area (Å²) in [6, 6.07) is 7.35. The van der Waals surface area contributed by atoms with E-state index in [1.165, 1.54) is 12.8 Å². The summed E-state index contributed by atoms with van der Waals surface area (Å²) < 4.78 is 0. The molecular weight excluding hydrogens is 202 g/mol. The van der Waals surface area contributed by atoms with Crippen molar-refractivity contribution in [2.24, 2.45) is 5.41 Å². The number of carboxylic acid groups (broad SMARTS) is 1. The molecule has 0 amide bonds. The van der Waals surface area contributed by atoms with Gasteiger partial charge in [0.25, 0.3) is 0 Å². The first-order chi connectivity index (χ1) is 7.51. The van der Waals surface area contributed by atoms with Gasteiger partial charge in [0.2, 0.25) is 0 Å². The second kappa shape index (κ2) is 3.81. The van der Waals surface area contributed by atoms with Crippen LogP contribution >= 0.6 is 0 Å². The Morgan fingerprint density at radius 2 is 1.94 bits per heavy atom. The molecule has 1 aromatic carbocycles. The number of rotatable bonds is 4. The molecule has 1 unspecified atom stereocenters. The second-order valence-electron chi connectivity index (χ2n) is 4.90. The zero-order valence-corrected chi connectivity index (χ0v) is 9.66. The number of aromatic carboxylic acids is 1. The van der Waals surface area contributed by atoms with E-state index in [0.29, 0.717) is 17.0 Å². The average molecular weight is 219 g/mol. The van der Waals surface area contributed by atoms with Gasteiger partial charge in [0.1, 0.15) is 0 Å². The van der Waals surface area contributed by atoms with E-state index in [9.17, 15) is 4.79 Å². The first-order valence-corrected chi connectivity index (χ1v) is 5.61. The third-order valence-electron chi connectivity index (χ3n) is 3.60. The third kappa shape index (κ3) is 2.18. The molecule has 3 nitrogen and oxygen atoms in total. The van der Waals surface area contributed by atoms with Crippen LogP contribution < -0.4 is 5.32 Å². The Hall–Kier alpha value is -1.51. The van der Waals surface area contributed by atoms with Gasteiger partial charge in [0.05, 0.1) is 5.56 Å². The monoisotopic (exact) mass is 219 g/mol. The highest BCUT2D eigenvalue weighted by atomic mass is 16.4. The molecule has 1 aliphatic carbocycles. The van der Waals surface area contributed by atoms with Crippen molar-refractivity contribution in [3.8, 4) is 0 Å². The molecule has 0 aliphatic heterocycles. The number of carbonyl (C=O) groups is 1. The van der Waals surface area contributed by atoms with Crippen molar-refractivity contribution in [3.63, 3.8) is 0 Å². The van der Waals surface area contributed by atoms with Gasteiger partial charge in [-0.15, -0.1) is 0 Å². The van der Waals surface area contributed by atoms with Gasteiger partial charge in [0.15, 0.2) is 0 Å². The molecular formula is C13H17NO2. The first-order valence-electron chi connectivity index (χ1n) is 5.61. The minimum Gasteiger partial charge on any atom is -0.478 e. The van der Waals surface area contributed by atoms with E-state index in [-0.39, 0.29) is 0 Å². The lowest BCUT2D eigenvalue weighted by atomic mass is 10.0. The number of nitrogens with one attached hydrogen (secondary N) is 1. The Morgan fingerprint density at radius 1 is 1.38 bits per heavy atom. The van der Waals surface area contributed by atoms with E-state index >= 15 is 0 Å². The molecule has 86 valence electrons. The molecule has 0 spiro atoms.